The molecule has 9 heteroatoms. The second-order valence-electron chi connectivity index (χ2n) is 6.04. The first kappa shape index (κ1) is 13.3. The first-order valence-corrected chi connectivity index (χ1v) is 7.94. The van der Waals surface area contributed by atoms with Crippen LogP contribution in [-0.2, 0) is 6.54 Å². The van der Waals surface area contributed by atoms with Crippen molar-refractivity contribution in [2.45, 2.75) is 25.4 Å². The van der Waals surface area contributed by atoms with Crippen LogP contribution in [-0.4, -0.2) is 49.0 Å². The van der Waals surface area contributed by atoms with Crippen molar-refractivity contribution in [2.75, 3.05) is 6.54 Å². The van der Waals surface area contributed by atoms with Crippen LogP contribution in [0, 0.1) is 0 Å². The van der Waals surface area contributed by atoms with Gasteiger partial charge in [-0.05, 0) is 30.2 Å². The summed E-state index contributed by atoms with van der Waals surface area (Å²) in [4.78, 5) is 8.13. The Morgan fingerprint density at radius 3 is 2.75 bits per heavy atom. The van der Waals surface area contributed by atoms with Gasteiger partial charge in [0, 0.05) is 29.4 Å². The zero-order valence-corrected chi connectivity index (χ0v) is 12.9. The highest BCUT2D eigenvalue weighted by atomic mass is 15.6. The Bertz CT molecular complexity index is 940. The Morgan fingerprint density at radius 1 is 1.04 bits per heavy atom. The lowest BCUT2D eigenvalue weighted by Gasteiger charge is -2.19. The summed E-state index contributed by atoms with van der Waals surface area (Å²) in [5.74, 6) is 0. The molecule has 1 aromatic carbocycles. The van der Waals surface area contributed by atoms with E-state index >= 15 is 0 Å². The van der Waals surface area contributed by atoms with Gasteiger partial charge in [0.2, 0.25) is 0 Å². The topological polar surface area (TPSA) is 87.2 Å². The van der Waals surface area contributed by atoms with E-state index in [0.29, 0.717) is 12.6 Å². The van der Waals surface area contributed by atoms with Gasteiger partial charge in [0.1, 0.15) is 0 Å². The smallest absolute Gasteiger partial charge is 0.162 e. The largest absolute Gasteiger partial charge is 0.336 e. The molecule has 5 rings (SSSR count). The van der Waals surface area contributed by atoms with Gasteiger partial charge in [0.15, 0.2) is 6.33 Å². The molecule has 3 aliphatic rings. The van der Waals surface area contributed by atoms with Gasteiger partial charge in [-0.1, -0.05) is 5.22 Å². The molecule has 0 unspecified atom stereocenters. The summed E-state index contributed by atoms with van der Waals surface area (Å²) >= 11 is 0. The third kappa shape index (κ3) is 2.43. The second kappa shape index (κ2) is 5.22. The summed E-state index contributed by atoms with van der Waals surface area (Å²) < 4.78 is 0. The van der Waals surface area contributed by atoms with Gasteiger partial charge < -0.3 is 4.90 Å². The molecule has 0 bridgehead atoms. The number of tetrazole rings is 1. The second-order valence-corrected chi connectivity index (χ2v) is 6.04. The fourth-order valence-corrected chi connectivity index (χ4v) is 2.77. The average Bonchev–Trinajstić information content (AvgIpc) is 3.33. The molecule has 0 spiro atoms. The molecule has 3 heterocycles. The minimum atomic E-state index is 0.522. The lowest BCUT2D eigenvalue weighted by molar-refractivity contribution is 0.395. The molecule has 0 atom stereocenters. The molecule has 9 nitrogen and oxygen atoms in total. The van der Waals surface area contributed by atoms with Crippen molar-refractivity contribution in [1.29, 1.82) is 0 Å². The average molecular weight is 321 g/mol. The van der Waals surface area contributed by atoms with E-state index in [4.69, 9.17) is 0 Å². The van der Waals surface area contributed by atoms with Crippen molar-refractivity contribution in [3.8, 4) is 0 Å². The predicted molar refractivity (Wildman–Crippen MR) is 86.7 cm³/mol. The molecule has 0 saturated heterocycles. The molecule has 0 N–H and O–H groups in total. The van der Waals surface area contributed by atoms with Crippen LogP contribution in [0.2, 0.25) is 0 Å². The summed E-state index contributed by atoms with van der Waals surface area (Å²) in [6, 6.07) is 4.63. The maximum absolute atomic E-state index is 4.56. The van der Waals surface area contributed by atoms with Crippen LogP contribution in [0.15, 0.2) is 33.8 Å². The number of nitrogens with zero attached hydrogens (tertiary/aromatic N) is 9. The van der Waals surface area contributed by atoms with Crippen molar-refractivity contribution in [2.24, 2.45) is 15.3 Å². The maximum atomic E-state index is 4.56. The van der Waals surface area contributed by atoms with E-state index in [0.717, 1.165) is 28.4 Å². The van der Waals surface area contributed by atoms with Crippen LogP contribution in [0.3, 0.4) is 0 Å². The molecule has 0 amide bonds. The van der Waals surface area contributed by atoms with Gasteiger partial charge in [0.25, 0.3) is 0 Å². The summed E-state index contributed by atoms with van der Waals surface area (Å²) in [7, 11) is 0. The van der Waals surface area contributed by atoms with E-state index in [2.05, 4.69) is 49.2 Å². The van der Waals surface area contributed by atoms with Gasteiger partial charge in [0.05, 0.1) is 30.3 Å². The Balaban J connectivity index is 1.42. The Kier molecular flexibility index (Phi) is 2.90. The van der Waals surface area contributed by atoms with Gasteiger partial charge in [-0.15, -0.1) is 15.3 Å². The lowest BCUT2D eigenvalue weighted by atomic mass is 10.2. The Hall–Kier alpha value is -3.10. The lowest BCUT2D eigenvalue weighted by Crippen LogP contribution is -2.28. The van der Waals surface area contributed by atoms with Crippen LogP contribution >= 0.6 is 0 Å². The number of hydrogen-bond donors (Lipinski definition) is 0. The standard InChI is InChI=1S/C15H15N9/c1-2-13(1)23-8-12-5-14-11(6-15(12)19-21-23)7-22(10-16-14)3-4-24-18-9-17-20-24/h5-10,13H,1-4H2. The normalized spacial score (nSPS) is 18.0. The quantitative estimate of drug-likeness (QED) is 0.808. The molecule has 24 heavy (non-hydrogen) atoms. The number of rotatable bonds is 4. The van der Waals surface area contributed by atoms with E-state index in [1.54, 1.807) is 4.80 Å². The molecular weight excluding hydrogens is 306 g/mol. The molecule has 2 aromatic rings. The molecule has 120 valence electrons. The van der Waals surface area contributed by atoms with Gasteiger partial charge in [-0.2, -0.15) is 4.80 Å². The number of benzene rings is 1. The maximum Gasteiger partial charge on any atom is 0.162 e. The van der Waals surface area contributed by atoms with Crippen molar-refractivity contribution in [1.82, 2.24) is 30.1 Å². The summed E-state index contributed by atoms with van der Waals surface area (Å²) in [5, 5.41) is 24.3. The van der Waals surface area contributed by atoms with Crippen LogP contribution in [0.5, 0.6) is 0 Å². The predicted octanol–water partition coefficient (Wildman–Crippen LogP) is 0.301. The summed E-state index contributed by atoms with van der Waals surface area (Å²) in [5.41, 5.74) is 1.84. The van der Waals surface area contributed by atoms with Gasteiger partial charge >= 0.3 is 0 Å². The third-order valence-corrected chi connectivity index (χ3v) is 4.22. The minimum Gasteiger partial charge on any atom is -0.336 e. The molecule has 2 aliphatic heterocycles. The number of fused-ring (bicyclic) bond motifs is 2. The molecule has 1 aliphatic carbocycles. The first-order chi connectivity index (χ1) is 11.8. The molecular formula is C15H15N9. The minimum absolute atomic E-state index is 0.522. The SMILES string of the molecule is C1=Nc2cc3c(cc2=CN1CCn1ncnn1)N=NN(C1CC1)C=3. The van der Waals surface area contributed by atoms with Crippen LogP contribution in [0.25, 0.3) is 12.4 Å². The number of aromatic nitrogens is 4. The van der Waals surface area contributed by atoms with E-state index in [1.165, 1.54) is 19.2 Å². The fraction of sp³-hybridized carbons (Fsp3) is 0.333. The van der Waals surface area contributed by atoms with Crippen LogP contribution in [0.4, 0.5) is 11.4 Å². The van der Waals surface area contributed by atoms with Crippen LogP contribution < -0.4 is 10.4 Å². The highest BCUT2D eigenvalue weighted by Crippen LogP contribution is 2.29. The number of aliphatic imine (C=N–C) groups is 1. The van der Waals surface area contributed by atoms with Crippen molar-refractivity contribution < 1.29 is 0 Å². The zero-order valence-electron chi connectivity index (χ0n) is 12.9. The van der Waals surface area contributed by atoms with Crippen LogP contribution in [0.1, 0.15) is 12.8 Å². The zero-order chi connectivity index (χ0) is 15.9. The fourth-order valence-electron chi connectivity index (χ4n) is 2.77. The van der Waals surface area contributed by atoms with Gasteiger partial charge in [-0.3, -0.25) is 5.01 Å². The Labute approximate surface area is 137 Å². The summed E-state index contributed by atoms with van der Waals surface area (Å²) in [6.07, 6.45) is 9.77. The monoisotopic (exact) mass is 321 g/mol. The molecule has 1 saturated carbocycles. The molecule has 1 aromatic heterocycles. The van der Waals surface area contributed by atoms with E-state index in [9.17, 15) is 0 Å². The first-order valence-electron chi connectivity index (χ1n) is 7.94. The number of hydrogen-bond acceptors (Lipinski definition) is 8. The van der Waals surface area contributed by atoms with E-state index in [1.807, 2.05) is 22.3 Å². The van der Waals surface area contributed by atoms with Crippen molar-refractivity contribution in [3.05, 3.63) is 28.9 Å². The highest BCUT2D eigenvalue weighted by molar-refractivity contribution is 5.72. The third-order valence-electron chi connectivity index (χ3n) is 4.22. The summed E-state index contributed by atoms with van der Waals surface area (Å²) in [6.45, 7) is 1.37. The van der Waals surface area contributed by atoms with E-state index in [-0.39, 0.29) is 0 Å². The molecule has 1 fully saturated rings. The van der Waals surface area contributed by atoms with Crippen molar-refractivity contribution >= 4 is 30.1 Å². The van der Waals surface area contributed by atoms with Crippen molar-refractivity contribution in [3.63, 3.8) is 0 Å². The molecule has 0 radical (unpaired) electrons. The van der Waals surface area contributed by atoms with E-state index < -0.39 is 0 Å². The van der Waals surface area contributed by atoms with Gasteiger partial charge in [-0.25, -0.2) is 4.99 Å². The Morgan fingerprint density at radius 2 is 1.92 bits per heavy atom. The highest BCUT2D eigenvalue weighted by Gasteiger charge is 2.28.